The summed E-state index contributed by atoms with van der Waals surface area (Å²) in [6, 6.07) is 15.7. The summed E-state index contributed by atoms with van der Waals surface area (Å²) in [5, 5.41) is 11.2. The first-order valence-corrected chi connectivity index (χ1v) is 10.5. The maximum absolute atomic E-state index is 13.2. The Balaban J connectivity index is 1.68. The van der Waals surface area contributed by atoms with Crippen molar-refractivity contribution in [1.29, 1.82) is 0 Å². The van der Waals surface area contributed by atoms with Gasteiger partial charge in [-0.2, -0.15) is 0 Å². The highest BCUT2D eigenvalue weighted by Crippen LogP contribution is 2.44. The molecule has 1 atom stereocenters. The zero-order valence-corrected chi connectivity index (χ0v) is 17.6. The van der Waals surface area contributed by atoms with Gasteiger partial charge in [-0.15, -0.1) is 0 Å². The summed E-state index contributed by atoms with van der Waals surface area (Å²) >= 11 is 1.35. The summed E-state index contributed by atoms with van der Waals surface area (Å²) in [6.07, 6.45) is 1.39. The monoisotopic (exact) mass is 430 g/mol. The van der Waals surface area contributed by atoms with E-state index in [9.17, 15) is 14.7 Å². The van der Waals surface area contributed by atoms with Gasteiger partial charge in [0.25, 0.3) is 5.91 Å². The predicted molar refractivity (Wildman–Crippen MR) is 118 cm³/mol. The Bertz CT molecular complexity index is 1350. The van der Waals surface area contributed by atoms with Gasteiger partial charge in [0.15, 0.2) is 16.7 Å². The molecule has 0 radical (unpaired) electrons. The van der Waals surface area contributed by atoms with Crippen LogP contribution in [0, 0.1) is 13.8 Å². The lowest BCUT2D eigenvalue weighted by Crippen LogP contribution is -2.30. The van der Waals surface area contributed by atoms with Gasteiger partial charge in [0.05, 0.1) is 28.1 Å². The van der Waals surface area contributed by atoms with Crippen molar-refractivity contribution in [3.05, 3.63) is 94.6 Å². The van der Waals surface area contributed by atoms with Gasteiger partial charge in [0.1, 0.15) is 0 Å². The first kappa shape index (κ1) is 19.3. The first-order valence-electron chi connectivity index (χ1n) is 9.72. The van der Waals surface area contributed by atoms with Crippen LogP contribution in [0.4, 0.5) is 5.13 Å². The lowest BCUT2D eigenvalue weighted by atomic mass is 9.94. The lowest BCUT2D eigenvalue weighted by molar-refractivity contribution is -0.117. The largest absolute Gasteiger partial charge is 0.503 e. The van der Waals surface area contributed by atoms with Crippen molar-refractivity contribution in [3.8, 4) is 0 Å². The van der Waals surface area contributed by atoms with Gasteiger partial charge in [0.2, 0.25) is 5.78 Å². The molecule has 1 unspecified atom stereocenters. The van der Waals surface area contributed by atoms with Crippen LogP contribution in [-0.2, 0) is 4.79 Å². The third kappa shape index (κ3) is 3.14. The van der Waals surface area contributed by atoms with Gasteiger partial charge in [-0.3, -0.25) is 14.5 Å². The number of carbonyl (C=O) groups excluding carboxylic acids is 2. The van der Waals surface area contributed by atoms with Gasteiger partial charge < -0.3 is 9.52 Å². The lowest BCUT2D eigenvalue weighted by Gasteiger charge is -2.24. The number of aliphatic hydroxyl groups excluding tert-OH is 1. The van der Waals surface area contributed by atoms with Crippen molar-refractivity contribution in [1.82, 2.24) is 4.98 Å². The number of thiazole rings is 1. The Hall–Kier alpha value is -3.71. The molecule has 31 heavy (non-hydrogen) atoms. The van der Waals surface area contributed by atoms with Crippen LogP contribution >= 0.6 is 11.3 Å². The van der Waals surface area contributed by atoms with Crippen LogP contribution in [0.5, 0.6) is 0 Å². The van der Waals surface area contributed by atoms with Gasteiger partial charge in [-0.1, -0.05) is 47.2 Å². The highest BCUT2D eigenvalue weighted by atomic mass is 32.1. The Morgan fingerprint density at radius 3 is 2.55 bits per heavy atom. The van der Waals surface area contributed by atoms with Gasteiger partial charge in [-0.05, 0) is 49.2 Å². The quantitative estimate of drug-likeness (QED) is 0.445. The zero-order valence-electron chi connectivity index (χ0n) is 16.8. The molecule has 0 spiro atoms. The highest BCUT2D eigenvalue weighted by molar-refractivity contribution is 7.22. The number of hydrogen-bond donors (Lipinski definition) is 1. The van der Waals surface area contributed by atoms with Crippen LogP contribution in [-0.4, -0.2) is 21.8 Å². The SMILES string of the molecule is Cc1ccc(C2C(C(=O)c3ccco3)=C(O)C(=O)N2c2nc3ccc(C)cc3s2)cc1. The Kier molecular flexibility index (Phi) is 4.48. The second-order valence-corrected chi connectivity index (χ2v) is 8.53. The second kappa shape index (κ2) is 7.21. The number of furan rings is 1. The number of carbonyl (C=O) groups is 2. The molecule has 3 heterocycles. The number of aliphatic hydroxyl groups is 1. The molecule has 0 aliphatic carbocycles. The summed E-state index contributed by atoms with van der Waals surface area (Å²) in [6.45, 7) is 3.95. The normalized spacial score (nSPS) is 16.5. The summed E-state index contributed by atoms with van der Waals surface area (Å²) in [5.41, 5.74) is 3.57. The Labute approximate surface area is 182 Å². The third-order valence-corrected chi connectivity index (χ3v) is 6.35. The van der Waals surface area contributed by atoms with Crippen LogP contribution in [0.2, 0.25) is 0 Å². The number of Topliss-reactive ketones (excluding diaryl/α,β-unsaturated/α-hetero) is 1. The average molecular weight is 430 g/mol. The standard InChI is InChI=1S/C24H18N2O4S/c1-13-5-8-15(9-6-13)20-19(21(27)17-4-3-11-30-17)22(28)23(29)26(20)24-25-16-10-7-14(2)12-18(16)31-24/h3-12,20,28H,1-2H3. The minimum Gasteiger partial charge on any atom is -0.503 e. The maximum atomic E-state index is 13.2. The number of hydrogen-bond acceptors (Lipinski definition) is 6. The van der Waals surface area contributed by atoms with Crippen LogP contribution in [0.25, 0.3) is 10.2 Å². The minimum atomic E-state index is -0.813. The van der Waals surface area contributed by atoms with Crippen molar-refractivity contribution in [2.75, 3.05) is 4.90 Å². The molecular formula is C24H18N2O4S. The number of aryl methyl sites for hydroxylation is 2. The molecule has 154 valence electrons. The number of benzene rings is 2. The Morgan fingerprint density at radius 2 is 1.84 bits per heavy atom. The van der Waals surface area contributed by atoms with E-state index in [1.807, 2.05) is 56.3 Å². The van der Waals surface area contributed by atoms with E-state index in [0.29, 0.717) is 10.7 Å². The number of nitrogens with zero attached hydrogens (tertiary/aromatic N) is 2. The van der Waals surface area contributed by atoms with Crippen molar-refractivity contribution >= 4 is 38.4 Å². The predicted octanol–water partition coefficient (Wildman–Crippen LogP) is 5.29. The van der Waals surface area contributed by atoms with Crippen LogP contribution in [0.1, 0.15) is 33.3 Å². The Morgan fingerprint density at radius 1 is 1.10 bits per heavy atom. The number of ketones is 1. The van der Waals surface area contributed by atoms with Gasteiger partial charge >= 0.3 is 0 Å². The molecule has 0 fully saturated rings. The topological polar surface area (TPSA) is 83.6 Å². The average Bonchev–Trinajstić information content (AvgIpc) is 3.47. The van der Waals surface area contributed by atoms with E-state index in [-0.39, 0.29) is 11.3 Å². The van der Waals surface area contributed by atoms with E-state index in [2.05, 4.69) is 4.98 Å². The molecule has 2 aromatic heterocycles. The molecule has 1 N–H and O–H groups in total. The van der Waals surface area contributed by atoms with Gasteiger partial charge in [-0.25, -0.2) is 4.98 Å². The number of rotatable bonds is 4. The van der Waals surface area contributed by atoms with E-state index >= 15 is 0 Å². The molecular weight excluding hydrogens is 412 g/mol. The molecule has 0 saturated carbocycles. The molecule has 5 rings (SSSR count). The molecule has 6 nitrogen and oxygen atoms in total. The van der Waals surface area contributed by atoms with E-state index in [4.69, 9.17) is 4.42 Å². The smallest absolute Gasteiger partial charge is 0.296 e. The molecule has 1 amide bonds. The third-order valence-electron chi connectivity index (χ3n) is 5.33. The zero-order chi connectivity index (χ0) is 21.7. The fourth-order valence-corrected chi connectivity index (χ4v) is 4.85. The summed E-state index contributed by atoms with van der Waals surface area (Å²) in [4.78, 5) is 32.4. The van der Waals surface area contributed by atoms with Crippen molar-refractivity contribution in [3.63, 3.8) is 0 Å². The number of anilines is 1. The van der Waals surface area contributed by atoms with Crippen molar-refractivity contribution in [2.45, 2.75) is 19.9 Å². The molecule has 7 heteroatoms. The highest BCUT2D eigenvalue weighted by Gasteiger charge is 2.46. The molecule has 0 saturated heterocycles. The maximum Gasteiger partial charge on any atom is 0.296 e. The first-order chi connectivity index (χ1) is 14.9. The number of aromatic nitrogens is 1. The molecule has 1 aliphatic heterocycles. The van der Waals surface area contributed by atoms with E-state index in [1.165, 1.54) is 28.6 Å². The molecule has 2 aromatic carbocycles. The second-order valence-electron chi connectivity index (χ2n) is 7.52. The molecule has 4 aromatic rings. The summed E-state index contributed by atoms with van der Waals surface area (Å²) in [5.74, 6) is -1.70. The van der Waals surface area contributed by atoms with E-state index in [1.54, 1.807) is 6.07 Å². The summed E-state index contributed by atoms with van der Waals surface area (Å²) in [7, 11) is 0. The van der Waals surface area contributed by atoms with Crippen LogP contribution in [0.3, 0.4) is 0 Å². The van der Waals surface area contributed by atoms with Gasteiger partial charge in [0, 0.05) is 0 Å². The fraction of sp³-hybridized carbons (Fsp3) is 0.125. The number of amides is 1. The molecule has 0 bridgehead atoms. The van der Waals surface area contributed by atoms with Crippen molar-refractivity contribution < 1.29 is 19.1 Å². The van der Waals surface area contributed by atoms with E-state index < -0.39 is 23.5 Å². The fourth-order valence-electron chi connectivity index (χ4n) is 3.76. The van der Waals surface area contributed by atoms with Crippen LogP contribution < -0.4 is 4.90 Å². The minimum absolute atomic E-state index is 0.0146. The summed E-state index contributed by atoms with van der Waals surface area (Å²) < 4.78 is 6.19. The van der Waals surface area contributed by atoms with E-state index in [0.717, 1.165) is 21.3 Å². The van der Waals surface area contributed by atoms with Crippen LogP contribution in [0.15, 0.2) is 76.6 Å². The number of fused-ring (bicyclic) bond motifs is 1. The van der Waals surface area contributed by atoms with Crippen molar-refractivity contribution in [2.24, 2.45) is 0 Å². The molecule has 1 aliphatic rings.